The molecule has 0 spiro atoms. The maximum atomic E-state index is 12.5. The Hall–Kier alpha value is -2.48. The Morgan fingerprint density at radius 3 is 2.73 bits per heavy atom. The molecule has 1 saturated heterocycles. The second-order valence-corrected chi connectivity index (χ2v) is 6.92. The molecule has 8 heteroatoms. The summed E-state index contributed by atoms with van der Waals surface area (Å²) in [6.07, 6.45) is 3.19. The van der Waals surface area contributed by atoms with E-state index in [0.717, 1.165) is 50.2 Å². The third kappa shape index (κ3) is 4.01. The first kappa shape index (κ1) is 18.3. The quantitative estimate of drug-likeness (QED) is 0.636. The summed E-state index contributed by atoms with van der Waals surface area (Å²) >= 11 is 1.14. The van der Waals surface area contributed by atoms with Gasteiger partial charge in [-0.2, -0.15) is 4.98 Å². The van der Waals surface area contributed by atoms with Crippen LogP contribution in [0.15, 0.2) is 40.3 Å². The van der Waals surface area contributed by atoms with E-state index in [9.17, 15) is 14.7 Å². The first-order chi connectivity index (χ1) is 12.6. The maximum absolute atomic E-state index is 12.5. The molecule has 1 aliphatic heterocycles. The molecule has 0 bridgehead atoms. The summed E-state index contributed by atoms with van der Waals surface area (Å²) in [5.74, 6) is 0.310. The number of carbonyl (C=O) groups excluding carboxylic acids is 1. The van der Waals surface area contributed by atoms with Crippen molar-refractivity contribution in [1.29, 1.82) is 0 Å². The average molecular weight is 375 g/mol. The molecule has 2 heterocycles. The summed E-state index contributed by atoms with van der Waals surface area (Å²) in [5, 5.41) is 10.00. The predicted molar refractivity (Wildman–Crippen MR) is 99.2 cm³/mol. The standard InChI is InChI=1S/C18H21N3O4S/c1-25-14-8-4-3-7-13(14)21-16(23)11-15(22)19-18(21)26-12-17(24)20-9-5-2-6-10-20/h3-4,7-8,11,22H,2,5-6,9-10,12H2,1H3. The largest absolute Gasteiger partial charge is 0.495 e. The molecule has 1 aliphatic rings. The molecular weight excluding hydrogens is 354 g/mol. The molecule has 1 N–H and O–H groups in total. The highest BCUT2D eigenvalue weighted by Gasteiger charge is 2.19. The molecule has 1 fully saturated rings. The van der Waals surface area contributed by atoms with Crippen LogP contribution < -0.4 is 10.3 Å². The van der Waals surface area contributed by atoms with E-state index in [4.69, 9.17) is 4.74 Å². The normalized spacial score (nSPS) is 14.3. The molecular formula is C18H21N3O4S. The van der Waals surface area contributed by atoms with Crippen LogP contribution in [0.25, 0.3) is 5.69 Å². The highest BCUT2D eigenvalue weighted by molar-refractivity contribution is 7.99. The highest BCUT2D eigenvalue weighted by Crippen LogP contribution is 2.26. The third-order valence-corrected chi connectivity index (χ3v) is 5.16. The molecule has 0 aliphatic carbocycles. The fourth-order valence-corrected chi connectivity index (χ4v) is 3.85. The number of thioether (sulfide) groups is 1. The molecule has 0 unspecified atom stereocenters. The molecule has 26 heavy (non-hydrogen) atoms. The zero-order chi connectivity index (χ0) is 18.5. The number of piperidine rings is 1. The molecule has 2 aromatic rings. The summed E-state index contributed by atoms with van der Waals surface area (Å²) in [5.41, 5.74) is 0.0790. The molecule has 0 saturated carbocycles. The first-order valence-corrected chi connectivity index (χ1v) is 9.45. The van der Waals surface area contributed by atoms with Crippen LogP contribution in [0.5, 0.6) is 11.6 Å². The second-order valence-electron chi connectivity index (χ2n) is 5.97. The Morgan fingerprint density at radius 1 is 1.27 bits per heavy atom. The smallest absolute Gasteiger partial charge is 0.262 e. The van der Waals surface area contributed by atoms with Crippen molar-refractivity contribution in [3.63, 3.8) is 0 Å². The van der Waals surface area contributed by atoms with Gasteiger partial charge >= 0.3 is 0 Å². The number of hydrogen-bond donors (Lipinski definition) is 1. The Morgan fingerprint density at radius 2 is 2.00 bits per heavy atom. The SMILES string of the molecule is COc1ccccc1-n1c(SCC(=O)N2CCCCC2)nc(O)cc1=O. The predicted octanol–water partition coefficient (Wildman–Crippen LogP) is 2.05. The molecule has 1 amide bonds. The van der Waals surface area contributed by atoms with E-state index in [-0.39, 0.29) is 22.7 Å². The fourth-order valence-electron chi connectivity index (χ4n) is 2.94. The topological polar surface area (TPSA) is 84.7 Å². The minimum absolute atomic E-state index is 0.0128. The van der Waals surface area contributed by atoms with Crippen LogP contribution in [0.3, 0.4) is 0 Å². The Bertz CT molecular complexity index is 847. The number of benzene rings is 1. The van der Waals surface area contributed by atoms with Gasteiger partial charge in [-0.15, -0.1) is 0 Å². The van der Waals surface area contributed by atoms with Crippen LogP contribution in [0, 0.1) is 0 Å². The molecule has 7 nitrogen and oxygen atoms in total. The number of aromatic hydroxyl groups is 1. The third-order valence-electron chi connectivity index (χ3n) is 4.23. The van der Waals surface area contributed by atoms with Gasteiger partial charge in [-0.3, -0.25) is 14.2 Å². The number of aromatic nitrogens is 2. The van der Waals surface area contributed by atoms with Crippen molar-refractivity contribution >= 4 is 17.7 Å². The number of nitrogens with zero attached hydrogens (tertiary/aromatic N) is 3. The van der Waals surface area contributed by atoms with E-state index in [1.807, 2.05) is 4.90 Å². The van der Waals surface area contributed by atoms with Crippen molar-refractivity contribution in [3.8, 4) is 17.3 Å². The molecule has 0 atom stereocenters. The van der Waals surface area contributed by atoms with Crippen LogP contribution >= 0.6 is 11.8 Å². The summed E-state index contributed by atoms with van der Waals surface area (Å²) in [6, 6.07) is 8.10. The summed E-state index contributed by atoms with van der Waals surface area (Å²) in [6.45, 7) is 1.54. The van der Waals surface area contributed by atoms with Crippen molar-refractivity contribution < 1.29 is 14.6 Å². The Kier molecular flexibility index (Phi) is 5.82. The van der Waals surface area contributed by atoms with Gasteiger partial charge in [0.2, 0.25) is 11.8 Å². The lowest BCUT2D eigenvalue weighted by molar-refractivity contribution is -0.129. The lowest BCUT2D eigenvalue weighted by atomic mass is 10.1. The Labute approximate surface area is 155 Å². The number of rotatable bonds is 5. The monoisotopic (exact) mass is 375 g/mol. The van der Waals surface area contributed by atoms with Gasteiger partial charge in [-0.05, 0) is 31.4 Å². The van der Waals surface area contributed by atoms with Crippen LogP contribution in [-0.4, -0.2) is 51.4 Å². The van der Waals surface area contributed by atoms with E-state index in [2.05, 4.69) is 4.98 Å². The van der Waals surface area contributed by atoms with Crippen molar-refractivity contribution in [1.82, 2.24) is 14.5 Å². The lowest BCUT2D eigenvalue weighted by Gasteiger charge is -2.26. The lowest BCUT2D eigenvalue weighted by Crippen LogP contribution is -2.36. The van der Waals surface area contributed by atoms with Crippen LogP contribution in [0.1, 0.15) is 19.3 Å². The van der Waals surface area contributed by atoms with Crippen LogP contribution in [-0.2, 0) is 4.79 Å². The number of amides is 1. The van der Waals surface area contributed by atoms with Gasteiger partial charge in [-0.25, -0.2) is 0 Å². The summed E-state index contributed by atoms with van der Waals surface area (Å²) in [4.78, 5) is 30.8. The number of methoxy groups -OCH3 is 1. The van der Waals surface area contributed by atoms with Gasteiger partial charge in [0, 0.05) is 13.1 Å². The number of likely N-dealkylation sites (tertiary alicyclic amines) is 1. The van der Waals surface area contributed by atoms with E-state index in [1.165, 1.54) is 11.7 Å². The van der Waals surface area contributed by atoms with Crippen molar-refractivity contribution in [2.45, 2.75) is 24.4 Å². The van der Waals surface area contributed by atoms with Gasteiger partial charge in [0.1, 0.15) is 5.75 Å². The van der Waals surface area contributed by atoms with E-state index < -0.39 is 5.56 Å². The second kappa shape index (κ2) is 8.27. The molecule has 1 aromatic heterocycles. The summed E-state index contributed by atoms with van der Waals surface area (Å²) in [7, 11) is 1.52. The van der Waals surface area contributed by atoms with E-state index in [1.54, 1.807) is 24.3 Å². The molecule has 3 rings (SSSR count). The fraction of sp³-hybridized carbons (Fsp3) is 0.389. The minimum atomic E-state index is -0.435. The van der Waals surface area contributed by atoms with Gasteiger partial charge in [-0.1, -0.05) is 23.9 Å². The molecule has 1 aromatic carbocycles. The van der Waals surface area contributed by atoms with Crippen molar-refractivity contribution in [2.24, 2.45) is 0 Å². The maximum Gasteiger partial charge on any atom is 0.262 e. The van der Waals surface area contributed by atoms with E-state index >= 15 is 0 Å². The zero-order valence-electron chi connectivity index (χ0n) is 14.6. The van der Waals surface area contributed by atoms with Gasteiger partial charge < -0.3 is 14.7 Å². The van der Waals surface area contributed by atoms with E-state index in [0.29, 0.717) is 11.4 Å². The van der Waals surface area contributed by atoms with Gasteiger partial charge in [0.25, 0.3) is 5.56 Å². The Balaban J connectivity index is 1.89. The molecule has 138 valence electrons. The average Bonchev–Trinajstić information content (AvgIpc) is 2.66. The van der Waals surface area contributed by atoms with Crippen molar-refractivity contribution in [2.75, 3.05) is 26.0 Å². The highest BCUT2D eigenvalue weighted by atomic mass is 32.2. The zero-order valence-corrected chi connectivity index (χ0v) is 15.4. The van der Waals surface area contributed by atoms with Crippen molar-refractivity contribution in [3.05, 3.63) is 40.7 Å². The number of para-hydroxylation sites is 2. The number of carbonyl (C=O) groups is 1. The van der Waals surface area contributed by atoms with Crippen LogP contribution in [0.4, 0.5) is 0 Å². The number of hydrogen-bond acceptors (Lipinski definition) is 6. The van der Waals surface area contributed by atoms with Crippen LogP contribution in [0.2, 0.25) is 0 Å². The number of ether oxygens (including phenoxy) is 1. The van der Waals surface area contributed by atoms with Gasteiger partial charge in [0.15, 0.2) is 5.16 Å². The summed E-state index contributed by atoms with van der Waals surface area (Å²) < 4.78 is 6.68. The first-order valence-electron chi connectivity index (χ1n) is 8.47. The minimum Gasteiger partial charge on any atom is -0.495 e. The van der Waals surface area contributed by atoms with Gasteiger partial charge in [0.05, 0.1) is 24.6 Å². The molecule has 0 radical (unpaired) electrons.